The maximum absolute atomic E-state index is 12.4. The van der Waals surface area contributed by atoms with E-state index in [2.05, 4.69) is 46.2 Å². The van der Waals surface area contributed by atoms with Gasteiger partial charge in [0.25, 0.3) is 0 Å². The topological polar surface area (TPSA) is 23.6 Å². The molecular weight excluding hydrogens is 272 g/mol. The lowest BCUT2D eigenvalue weighted by Crippen LogP contribution is -2.50. The van der Waals surface area contributed by atoms with E-state index in [1.807, 2.05) is 6.07 Å². The van der Waals surface area contributed by atoms with Gasteiger partial charge in [-0.05, 0) is 18.4 Å². The summed E-state index contributed by atoms with van der Waals surface area (Å²) in [6.07, 6.45) is 9.10. The molecule has 0 N–H and O–H groups in total. The highest BCUT2D eigenvalue weighted by atomic mass is 16.2. The minimum absolute atomic E-state index is 0.324. The molecule has 3 rings (SSSR count). The molecule has 0 unspecified atom stereocenters. The van der Waals surface area contributed by atoms with Crippen LogP contribution in [0.25, 0.3) is 6.08 Å². The zero-order valence-corrected chi connectivity index (χ0v) is 13.3. The molecule has 0 atom stereocenters. The summed E-state index contributed by atoms with van der Waals surface area (Å²) in [7, 11) is 0. The van der Waals surface area contributed by atoms with Gasteiger partial charge < -0.3 is 4.90 Å². The van der Waals surface area contributed by atoms with Crippen molar-refractivity contribution in [3.63, 3.8) is 0 Å². The van der Waals surface area contributed by atoms with Gasteiger partial charge in [0.1, 0.15) is 0 Å². The molecule has 0 radical (unpaired) electrons. The number of amides is 1. The van der Waals surface area contributed by atoms with Gasteiger partial charge in [-0.2, -0.15) is 0 Å². The van der Waals surface area contributed by atoms with Crippen molar-refractivity contribution in [2.24, 2.45) is 5.92 Å². The number of carbonyl (C=O) groups excluding carboxylic acids is 1. The highest BCUT2D eigenvalue weighted by Crippen LogP contribution is 2.26. The van der Waals surface area contributed by atoms with Gasteiger partial charge in [0.05, 0.1) is 0 Å². The van der Waals surface area contributed by atoms with E-state index in [0.29, 0.717) is 11.8 Å². The zero-order chi connectivity index (χ0) is 15.2. The number of piperazine rings is 1. The molecule has 1 aromatic carbocycles. The summed E-state index contributed by atoms with van der Waals surface area (Å²) in [4.78, 5) is 16.9. The van der Waals surface area contributed by atoms with Gasteiger partial charge in [0.15, 0.2) is 0 Å². The third-order valence-corrected chi connectivity index (χ3v) is 4.86. The lowest BCUT2D eigenvalue weighted by atomic mass is 10.1. The molecule has 2 fully saturated rings. The van der Waals surface area contributed by atoms with Gasteiger partial charge in [-0.3, -0.25) is 9.69 Å². The average Bonchev–Trinajstić information content (AvgIpc) is 3.10. The Morgan fingerprint density at radius 2 is 1.73 bits per heavy atom. The van der Waals surface area contributed by atoms with Crippen LogP contribution < -0.4 is 0 Å². The van der Waals surface area contributed by atoms with Crippen LogP contribution >= 0.6 is 0 Å². The summed E-state index contributed by atoms with van der Waals surface area (Å²) in [5.41, 5.74) is 1.25. The van der Waals surface area contributed by atoms with Crippen LogP contribution in [0.2, 0.25) is 0 Å². The summed E-state index contributed by atoms with van der Waals surface area (Å²) in [6.45, 7) is 4.76. The molecule has 3 heteroatoms. The van der Waals surface area contributed by atoms with Crippen molar-refractivity contribution in [2.45, 2.75) is 25.7 Å². The molecule has 1 saturated heterocycles. The molecule has 118 valence electrons. The number of hydrogen-bond donors (Lipinski definition) is 0. The molecule has 2 aliphatic rings. The van der Waals surface area contributed by atoms with E-state index in [-0.39, 0.29) is 0 Å². The molecular formula is C19H26N2O. The van der Waals surface area contributed by atoms with Crippen LogP contribution in [-0.2, 0) is 4.79 Å². The van der Waals surface area contributed by atoms with Crippen LogP contribution in [0, 0.1) is 5.92 Å². The lowest BCUT2D eigenvalue weighted by Gasteiger charge is -2.35. The van der Waals surface area contributed by atoms with Gasteiger partial charge >= 0.3 is 0 Å². The quantitative estimate of drug-likeness (QED) is 0.853. The fourth-order valence-corrected chi connectivity index (χ4v) is 3.48. The summed E-state index contributed by atoms with van der Waals surface area (Å²) in [6, 6.07) is 10.4. The maximum atomic E-state index is 12.4. The highest BCUT2D eigenvalue weighted by Gasteiger charge is 2.28. The Balaban J connectivity index is 1.42. The summed E-state index contributed by atoms with van der Waals surface area (Å²) in [5, 5.41) is 0. The lowest BCUT2D eigenvalue weighted by molar-refractivity contribution is -0.137. The molecule has 1 saturated carbocycles. The van der Waals surface area contributed by atoms with E-state index in [4.69, 9.17) is 0 Å². The molecule has 1 aliphatic carbocycles. The van der Waals surface area contributed by atoms with Crippen molar-refractivity contribution in [1.82, 2.24) is 9.80 Å². The minimum atomic E-state index is 0.324. The summed E-state index contributed by atoms with van der Waals surface area (Å²) in [5.74, 6) is 0.738. The van der Waals surface area contributed by atoms with Crippen molar-refractivity contribution in [3.8, 4) is 0 Å². The van der Waals surface area contributed by atoms with Crippen LogP contribution in [0.15, 0.2) is 36.4 Å². The fraction of sp³-hybridized carbons (Fsp3) is 0.526. The van der Waals surface area contributed by atoms with E-state index in [1.165, 1.54) is 18.4 Å². The van der Waals surface area contributed by atoms with Crippen LogP contribution in [0.3, 0.4) is 0 Å². The largest absolute Gasteiger partial charge is 0.340 e. The molecule has 1 aliphatic heterocycles. The number of nitrogens with zero attached hydrogens (tertiary/aromatic N) is 2. The summed E-state index contributed by atoms with van der Waals surface area (Å²) < 4.78 is 0. The molecule has 1 heterocycles. The number of rotatable bonds is 4. The fourth-order valence-electron chi connectivity index (χ4n) is 3.48. The predicted molar refractivity (Wildman–Crippen MR) is 90.5 cm³/mol. The van der Waals surface area contributed by atoms with Gasteiger partial charge in [-0.15, -0.1) is 0 Å². The molecule has 0 spiro atoms. The van der Waals surface area contributed by atoms with Crippen LogP contribution in [0.1, 0.15) is 31.2 Å². The Bertz CT molecular complexity index is 497. The number of hydrogen-bond acceptors (Lipinski definition) is 2. The average molecular weight is 298 g/mol. The van der Waals surface area contributed by atoms with E-state index < -0.39 is 0 Å². The molecule has 0 aromatic heterocycles. The van der Waals surface area contributed by atoms with E-state index >= 15 is 0 Å². The van der Waals surface area contributed by atoms with E-state index in [9.17, 15) is 4.79 Å². The monoisotopic (exact) mass is 298 g/mol. The molecule has 3 nitrogen and oxygen atoms in total. The first kappa shape index (κ1) is 15.3. The SMILES string of the molecule is O=C(C1CCCC1)N1CCN(C/C=C/c2ccccc2)CC1. The van der Waals surface area contributed by atoms with E-state index in [0.717, 1.165) is 45.6 Å². The smallest absolute Gasteiger partial charge is 0.225 e. The number of carbonyl (C=O) groups is 1. The van der Waals surface area contributed by atoms with Crippen molar-refractivity contribution < 1.29 is 4.79 Å². The van der Waals surface area contributed by atoms with Crippen LogP contribution in [0.4, 0.5) is 0 Å². The number of benzene rings is 1. The Morgan fingerprint density at radius 3 is 2.41 bits per heavy atom. The molecule has 22 heavy (non-hydrogen) atoms. The molecule has 0 bridgehead atoms. The Hall–Kier alpha value is -1.61. The van der Waals surface area contributed by atoms with Crippen molar-refractivity contribution in [1.29, 1.82) is 0 Å². The van der Waals surface area contributed by atoms with Crippen molar-refractivity contribution >= 4 is 12.0 Å². The van der Waals surface area contributed by atoms with Gasteiger partial charge in [-0.25, -0.2) is 0 Å². The Kier molecular flexibility index (Phi) is 5.28. The molecule has 1 amide bonds. The molecule has 1 aromatic rings. The first-order valence-corrected chi connectivity index (χ1v) is 8.55. The standard InChI is InChI=1S/C19H26N2O/c22-19(18-10-4-5-11-18)21-15-13-20(14-16-21)12-6-9-17-7-2-1-3-8-17/h1-3,6-9,18H,4-5,10-16H2/b9-6+. The van der Waals surface area contributed by atoms with Gasteiger partial charge in [0.2, 0.25) is 5.91 Å². The minimum Gasteiger partial charge on any atom is -0.340 e. The second kappa shape index (κ2) is 7.59. The first-order valence-electron chi connectivity index (χ1n) is 8.55. The third kappa shape index (κ3) is 3.98. The van der Waals surface area contributed by atoms with Crippen molar-refractivity contribution in [3.05, 3.63) is 42.0 Å². The summed E-state index contributed by atoms with van der Waals surface area (Å²) >= 11 is 0. The van der Waals surface area contributed by atoms with Crippen LogP contribution in [-0.4, -0.2) is 48.4 Å². The predicted octanol–water partition coefficient (Wildman–Crippen LogP) is 3.03. The second-order valence-corrected chi connectivity index (χ2v) is 6.42. The zero-order valence-electron chi connectivity index (χ0n) is 13.3. The third-order valence-electron chi connectivity index (χ3n) is 4.86. The second-order valence-electron chi connectivity index (χ2n) is 6.42. The van der Waals surface area contributed by atoms with Gasteiger partial charge in [0, 0.05) is 38.6 Å². The first-order chi connectivity index (χ1) is 10.8. The van der Waals surface area contributed by atoms with Gasteiger partial charge in [-0.1, -0.05) is 55.3 Å². The Morgan fingerprint density at radius 1 is 1.05 bits per heavy atom. The highest BCUT2D eigenvalue weighted by molar-refractivity contribution is 5.79. The van der Waals surface area contributed by atoms with Crippen molar-refractivity contribution in [2.75, 3.05) is 32.7 Å². The Labute approximate surface area is 133 Å². The van der Waals surface area contributed by atoms with Crippen LogP contribution in [0.5, 0.6) is 0 Å². The maximum Gasteiger partial charge on any atom is 0.225 e. The van der Waals surface area contributed by atoms with E-state index in [1.54, 1.807) is 0 Å². The normalized spacial score (nSPS) is 20.8.